The number of halogens is 3. The molecular weight excluding hydrogens is 411 g/mol. The van der Waals surface area contributed by atoms with Crippen LogP contribution < -0.4 is 25.8 Å². The molecular formula is C21H22F3N5O2. The highest BCUT2D eigenvalue weighted by atomic mass is 19.4. The van der Waals surface area contributed by atoms with Gasteiger partial charge in [-0.25, -0.2) is 9.97 Å². The molecule has 2 aromatic carbocycles. The van der Waals surface area contributed by atoms with Crippen molar-refractivity contribution in [1.82, 2.24) is 9.97 Å². The van der Waals surface area contributed by atoms with E-state index in [1.165, 1.54) is 18.5 Å². The summed E-state index contributed by atoms with van der Waals surface area (Å²) in [5.74, 6) is 2.01. The van der Waals surface area contributed by atoms with Gasteiger partial charge in [0.25, 0.3) is 0 Å². The summed E-state index contributed by atoms with van der Waals surface area (Å²) in [6.45, 7) is 0.538. The number of nitrogens with zero attached hydrogens (tertiary/aromatic N) is 2. The van der Waals surface area contributed by atoms with Gasteiger partial charge in [-0.3, -0.25) is 0 Å². The first kappa shape index (κ1) is 22.0. The lowest BCUT2D eigenvalue weighted by Crippen LogP contribution is -2.11. The molecule has 4 N–H and O–H groups in total. The average molecular weight is 433 g/mol. The molecule has 164 valence electrons. The van der Waals surface area contributed by atoms with E-state index in [0.717, 1.165) is 17.7 Å². The second-order valence-electron chi connectivity index (χ2n) is 6.55. The Morgan fingerprint density at radius 1 is 0.935 bits per heavy atom. The van der Waals surface area contributed by atoms with E-state index in [2.05, 4.69) is 20.6 Å². The van der Waals surface area contributed by atoms with E-state index in [4.69, 9.17) is 15.2 Å². The van der Waals surface area contributed by atoms with Gasteiger partial charge < -0.3 is 25.8 Å². The molecule has 1 heterocycles. The van der Waals surface area contributed by atoms with Crippen LogP contribution in [0.2, 0.25) is 0 Å². The summed E-state index contributed by atoms with van der Waals surface area (Å²) in [4.78, 5) is 8.21. The van der Waals surface area contributed by atoms with Crippen LogP contribution in [-0.4, -0.2) is 30.7 Å². The van der Waals surface area contributed by atoms with E-state index >= 15 is 0 Å². The molecule has 0 spiro atoms. The summed E-state index contributed by atoms with van der Waals surface area (Å²) < 4.78 is 48.6. The van der Waals surface area contributed by atoms with Crippen molar-refractivity contribution in [2.24, 2.45) is 0 Å². The number of nitrogens with one attached hydrogen (secondary N) is 2. The minimum atomic E-state index is -4.39. The number of aromatic nitrogens is 2. The number of methoxy groups -OCH3 is 2. The molecule has 0 fully saturated rings. The molecule has 0 atom stereocenters. The monoisotopic (exact) mass is 433 g/mol. The van der Waals surface area contributed by atoms with E-state index in [9.17, 15) is 13.2 Å². The van der Waals surface area contributed by atoms with E-state index < -0.39 is 11.7 Å². The number of anilines is 4. The lowest BCUT2D eigenvalue weighted by atomic mass is 10.1. The molecule has 31 heavy (non-hydrogen) atoms. The summed E-state index contributed by atoms with van der Waals surface area (Å²) in [6.07, 6.45) is -2.40. The fourth-order valence-corrected chi connectivity index (χ4v) is 2.88. The van der Waals surface area contributed by atoms with Crippen molar-refractivity contribution in [2.75, 3.05) is 37.1 Å². The topological polar surface area (TPSA) is 94.3 Å². The molecule has 10 heteroatoms. The molecule has 3 rings (SSSR count). The van der Waals surface area contributed by atoms with Gasteiger partial charge in [-0.15, -0.1) is 0 Å². The summed E-state index contributed by atoms with van der Waals surface area (Å²) in [5.41, 5.74) is 7.11. The van der Waals surface area contributed by atoms with E-state index in [0.29, 0.717) is 41.8 Å². The SMILES string of the molecule is COc1ccc(CCNc2ncnc(Nc3ccc(C(F)(F)F)cc3)c2N)cc1OC. The maximum absolute atomic E-state index is 12.7. The zero-order valence-electron chi connectivity index (χ0n) is 17.0. The van der Waals surface area contributed by atoms with Gasteiger partial charge in [0.15, 0.2) is 23.1 Å². The van der Waals surface area contributed by atoms with Gasteiger partial charge in [-0.05, 0) is 48.4 Å². The minimum absolute atomic E-state index is 0.259. The Kier molecular flexibility index (Phi) is 6.68. The van der Waals surface area contributed by atoms with E-state index in [1.807, 2.05) is 18.2 Å². The molecule has 0 aliphatic heterocycles. The maximum Gasteiger partial charge on any atom is 0.416 e. The Hall–Kier alpha value is -3.69. The third-order valence-corrected chi connectivity index (χ3v) is 4.51. The fourth-order valence-electron chi connectivity index (χ4n) is 2.88. The summed E-state index contributed by atoms with van der Waals surface area (Å²) in [6, 6.07) is 10.3. The first-order valence-electron chi connectivity index (χ1n) is 9.31. The lowest BCUT2D eigenvalue weighted by Gasteiger charge is -2.14. The number of benzene rings is 2. The van der Waals surface area contributed by atoms with Crippen molar-refractivity contribution in [3.63, 3.8) is 0 Å². The van der Waals surface area contributed by atoms with Crippen molar-refractivity contribution in [3.05, 3.63) is 59.9 Å². The van der Waals surface area contributed by atoms with Gasteiger partial charge >= 0.3 is 6.18 Å². The van der Waals surface area contributed by atoms with Crippen LogP contribution in [0.15, 0.2) is 48.8 Å². The van der Waals surface area contributed by atoms with Gasteiger partial charge in [-0.2, -0.15) is 13.2 Å². The van der Waals surface area contributed by atoms with Crippen LogP contribution in [0.1, 0.15) is 11.1 Å². The molecule has 0 saturated carbocycles. The second-order valence-corrected chi connectivity index (χ2v) is 6.55. The van der Waals surface area contributed by atoms with Crippen molar-refractivity contribution in [3.8, 4) is 11.5 Å². The van der Waals surface area contributed by atoms with Gasteiger partial charge in [-0.1, -0.05) is 6.07 Å². The summed E-state index contributed by atoms with van der Waals surface area (Å²) in [7, 11) is 3.15. The van der Waals surface area contributed by atoms with Crippen molar-refractivity contribution in [1.29, 1.82) is 0 Å². The Morgan fingerprint density at radius 2 is 1.61 bits per heavy atom. The number of nitrogen functional groups attached to an aromatic ring is 1. The predicted molar refractivity (Wildman–Crippen MR) is 113 cm³/mol. The minimum Gasteiger partial charge on any atom is -0.493 e. The molecule has 7 nitrogen and oxygen atoms in total. The maximum atomic E-state index is 12.7. The normalized spacial score (nSPS) is 11.1. The molecule has 3 aromatic rings. The molecule has 0 aliphatic carbocycles. The number of nitrogens with two attached hydrogens (primary N) is 1. The van der Waals surface area contributed by atoms with E-state index in [1.54, 1.807) is 14.2 Å². The quantitative estimate of drug-likeness (QED) is 0.482. The lowest BCUT2D eigenvalue weighted by molar-refractivity contribution is -0.137. The van der Waals surface area contributed by atoms with Gasteiger partial charge in [0.2, 0.25) is 0 Å². The van der Waals surface area contributed by atoms with Crippen LogP contribution in [0.4, 0.5) is 36.2 Å². The molecule has 0 radical (unpaired) electrons. The Balaban J connectivity index is 1.64. The Morgan fingerprint density at radius 3 is 2.26 bits per heavy atom. The standard InChI is InChI=1S/C21H22F3N5O2/c1-30-16-8-3-13(11-17(16)31-2)9-10-26-19-18(25)20(28-12-27-19)29-15-6-4-14(5-7-15)21(22,23)24/h3-8,11-12H,9-10,25H2,1-2H3,(H2,26,27,28,29). The smallest absolute Gasteiger partial charge is 0.416 e. The van der Waals surface area contributed by atoms with Gasteiger partial charge in [0, 0.05) is 12.2 Å². The fraction of sp³-hybridized carbons (Fsp3) is 0.238. The molecule has 0 saturated heterocycles. The molecule has 0 unspecified atom stereocenters. The molecule has 0 bridgehead atoms. The highest BCUT2D eigenvalue weighted by molar-refractivity contribution is 5.77. The van der Waals surface area contributed by atoms with Crippen LogP contribution in [0.3, 0.4) is 0 Å². The highest BCUT2D eigenvalue weighted by Crippen LogP contribution is 2.31. The third-order valence-electron chi connectivity index (χ3n) is 4.51. The number of hydrogen-bond acceptors (Lipinski definition) is 7. The van der Waals surface area contributed by atoms with Crippen LogP contribution in [0.25, 0.3) is 0 Å². The molecule has 1 aromatic heterocycles. The predicted octanol–water partition coefficient (Wildman–Crippen LogP) is 4.49. The Labute approximate surface area is 177 Å². The van der Waals surface area contributed by atoms with Crippen molar-refractivity contribution in [2.45, 2.75) is 12.6 Å². The van der Waals surface area contributed by atoms with Crippen LogP contribution in [-0.2, 0) is 12.6 Å². The first-order chi connectivity index (χ1) is 14.8. The summed E-state index contributed by atoms with van der Waals surface area (Å²) >= 11 is 0. The second kappa shape index (κ2) is 9.41. The van der Waals surface area contributed by atoms with Crippen LogP contribution >= 0.6 is 0 Å². The number of alkyl halides is 3. The largest absolute Gasteiger partial charge is 0.493 e. The van der Waals surface area contributed by atoms with Crippen LogP contribution in [0, 0.1) is 0 Å². The van der Waals surface area contributed by atoms with E-state index in [-0.39, 0.29) is 5.69 Å². The first-order valence-corrected chi connectivity index (χ1v) is 9.31. The van der Waals surface area contributed by atoms with Crippen molar-refractivity contribution >= 4 is 23.0 Å². The number of ether oxygens (including phenoxy) is 2. The zero-order chi connectivity index (χ0) is 22.4. The zero-order valence-corrected chi connectivity index (χ0v) is 17.0. The molecule has 0 amide bonds. The average Bonchev–Trinajstić information content (AvgIpc) is 2.76. The highest BCUT2D eigenvalue weighted by Gasteiger charge is 2.29. The molecule has 0 aliphatic rings. The summed E-state index contributed by atoms with van der Waals surface area (Å²) in [5, 5.41) is 6.06. The van der Waals surface area contributed by atoms with Crippen LogP contribution in [0.5, 0.6) is 11.5 Å². The Bertz CT molecular complexity index is 1030. The third kappa shape index (κ3) is 5.47. The number of hydrogen-bond donors (Lipinski definition) is 3. The van der Waals surface area contributed by atoms with Gasteiger partial charge in [0.1, 0.15) is 12.0 Å². The number of rotatable bonds is 8. The van der Waals surface area contributed by atoms with Crippen molar-refractivity contribution < 1.29 is 22.6 Å². The van der Waals surface area contributed by atoms with Gasteiger partial charge in [0.05, 0.1) is 19.8 Å².